The Labute approximate surface area is 179 Å². The van der Waals surface area contributed by atoms with E-state index in [1.165, 1.54) is 0 Å². The van der Waals surface area contributed by atoms with Crippen molar-refractivity contribution >= 4 is 11.8 Å². The van der Waals surface area contributed by atoms with Crippen LogP contribution >= 0.6 is 0 Å². The number of ether oxygens (including phenoxy) is 3. The Morgan fingerprint density at radius 3 is 2.67 bits per heavy atom. The molecular formula is C23H34N2O5. The lowest BCUT2D eigenvalue weighted by molar-refractivity contribution is -0.149. The zero-order valence-corrected chi connectivity index (χ0v) is 18.3. The molecule has 1 aromatic carbocycles. The lowest BCUT2D eigenvalue weighted by atomic mass is 10.0. The molecule has 0 radical (unpaired) electrons. The predicted octanol–water partition coefficient (Wildman–Crippen LogP) is 3.08. The first-order valence-corrected chi connectivity index (χ1v) is 11.0. The van der Waals surface area contributed by atoms with Crippen molar-refractivity contribution in [2.24, 2.45) is 0 Å². The van der Waals surface area contributed by atoms with E-state index in [1.54, 1.807) is 20.2 Å². The van der Waals surface area contributed by atoms with Crippen molar-refractivity contribution in [3.05, 3.63) is 29.3 Å². The van der Waals surface area contributed by atoms with E-state index in [2.05, 4.69) is 5.32 Å². The van der Waals surface area contributed by atoms with Crippen LogP contribution in [0, 0.1) is 0 Å². The zero-order chi connectivity index (χ0) is 21.5. The summed E-state index contributed by atoms with van der Waals surface area (Å²) in [5.74, 6) is 0.427. The molecule has 2 fully saturated rings. The highest BCUT2D eigenvalue weighted by atomic mass is 16.5. The van der Waals surface area contributed by atoms with Gasteiger partial charge in [-0.15, -0.1) is 0 Å². The fourth-order valence-electron chi connectivity index (χ4n) is 3.93. The molecule has 166 valence electrons. The maximum atomic E-state index is 13.2. The first-order valence-electron chi connectivity index (χ1n) is 11.0. The number of nitrogens with one attached hydrogen (secondary N) is 1. The molecule has 7 heteroatoms. The van der Waals surface area contributed by atoms with Crippen LogP contribution < -0.4 is 10.1 Å². The second-order valence-electron chi connectivity index (χ2n) is 8.04. The highest BCUT2D eigenvalue weighted by Gasteiger charge is 2.40. The van der Waals surface area contributed by atoms with E-state index in [-0.39, 0.29) is 30.0 Å². The average molecular weight is 419 g/mol. The van der Waals surface area contributed by atoms with Crippen LogP contribution in [0.4, 0.5) is 0 Å². The fourth-order valence-corrected chi connectivity index (χ4v) is 3.93. The van der Waals surface area contributed by atoms with Gasteiger partial charge in [0.15, 0.2) is 0 Å². The number of rotatable bonds is 10. The van der Waals surface area contributed by atoms with Crippen molar-refractivity contribution < 1.29 is 23.8 Å². The molecule has 0 aromatic heterocycles. The van der Waals surface area contributed by atoms with Crippen LogP contribution in [0.5, 0.6) is 5.75 Å². The molecule has 2 aliphatic rings. The smallest absolute Gasteiger partial charge is 0.254 e. The lowest BCUT2D eigenvalue weighted by Gasteiger charge is -2.34. The summed E-state index contributed by atoms with van der Waals surface area (Å²) in [7, 11) is 3.25. The summed E-state index contributed by atoms with van der Waals surface area (Å²) >= 11 is 0. The van der Waals surface area contributed by atoms with Gasteiger partial charge in [-0.25, -0.2) is 0 Å². The number of carbonyl (C=O) groups excluding carboxylic acids is 2. The van der Waals surface area contributed by atoms with Crippen LogP contribution in [0.2, 0.25) is 0 Å². The molecule has 1 saturated heterocycles. The minimum absolute atomic E-state index is 0.0858. The summed E-state index contributed by atoms with van der Waals surface area (Å²) in [5, 5.41) is 2.66. The van der Waals surface area contributed by atoms with Gasteiger partial charge in [-0.2, -0.15) is 0 Å². The normalized spacial score (nSPS) is 19.8. The van der Waals surface area contributed by atoms with Gasteiger partial charge < -0.3 is 24.4 Å². The molecule has 7 nitrogen and oxygen atoms in total. The van der Waals surface area contributed by atoms with Crippen LogP contribution in [-0.4, -0.2) is 62.8 Å². The van der Waals surface area contributed by atoms with Crippen molar-refractivity contribution in [3.63, 3.8) is 0 Å². The summed E-state index contributed by atoms with van der Waals surface area (Å²) < 4.78 is 16.8. The van der Waals surface area contributed by atoms with Gasteiger partial charge in [-0.05, 0) is 56.7 Å². The average Bonchev–Trinajstić information content (AvgIpc) is 3.61. The zero-order valence-electron chi connectivity index (χ0n) is 18.3. The Morgan fingerprint density at radius 1 is 1.23 bits per heavy atom. The number of carbonyl (C=O) groups is 2. The van der Waals surface area contributed by atoms with Crippen LogP contribution in [0.1, 0.15) is 67.4 Å². The number of amides is 2. The summed E-state index contributed by atoms with van der Waals surface area (Å²) in [6, 6.07) is 5.75. The Kier molecular flexibility index (Phi) is 8.10. The minimum atomic E-state index is -0.336. The molecule has 1 heterocycles. The monoisotopic (exact) mass is 418 g/mol. The second-order valence-corrected chi connectivity index (χ2v) is 8.04. The van der Waals surface area contributed by atoms with Gasteiger partial charge in [0.2, 0.25) is 0 Å². The highest BCUT2D eigenvalue weighted by molar-refractivity contribution is 5.96. The fraction of sp³-hybridized carbons (Fsp3) is 0.652. The first kappa shape index (κ1) is 22.6. The summed E-state index contributed by atoms with van der Waals surface area (Å²) in [6.07, 6.45) is 5.29. The van der Waals surface area contributed by atoms with E-state index < -0.39 is 0 Å². The molecule has 1 saturated carbocycles. The van der Waals surface area contributed by atoms with Gasteiger partial charge >= 0.3 is 0 Å². The van der Waals surface area contributed by atoms with Crippen molar-refractivity contribution in [2.45, 2.75) is 63.6 Å². The SMILES string of the molecule is CNC(=O)c1ccc(C(C)N(C(=O)[C@H]2CCCCO2)C2CC2)cc1OCCCOC. The van der Waals surface area contributed by atoms with Gasteiger partial charge in [0, 0.05) is 39.8 Å². The van der Waals surface area contributed by atoms with Crippen LogP contribution in [0.25, 0.3) is 0 Å². The van der Waals surface area contributed by atoms with Crippen molar-refractivity contribution in [1.29, 1.82) is 0 Å². The second kappa shape index (κ2) is 10.8. The quantitative estimate of drug-likeness (QED) is 0.591. The molecule has 0 bridgehead atoms. The minimum Gasteiger partial charge on any atom is -0.493 e. The number of benzene rings is 1. The van der Waals surface area contributed by atoms with E-state index in [4.69, 9.17) is 14.2 Å². The molecule has 1 N–H and O–H groups in total. The van der Waals surface area contributed by atoms with Crippen molar-refractivity contribution in [1.82, 2.24) is 10.2 Å². The Hall–Kier alpha value is -2.12. The van der Waals surface area contributed by atoms with Gasteiger partial charge in [-0.3, -0.25) is 9.59 Å². The van der Waals surface area contributed by atoms with Crippen LogP contribution in [-0.2, 0) is 14.3 Å². The number of hydrogen-bond donors (Lipinski definition) is 1. The van der Waals surface area contributed by atoms with E-state index in [9.17, 15) is 9.59 Å². The maximum absolute atomic E-state index is 13.2. The number of nitrogens with zero attached hydrogens (tertiary/aromatic N) is 1. The molecule has 1 unspecified atom stereocenters. The van der Waals surface area contributed by atoms with Gasteiger partial charge in [-0.1, -0.05) is 6.07 Å². The predicted molar refractivity (Wildman–Crippen MR) is 114 cm³/mol. The van der Waals surface area contributed by atoms with Crippen LogP contribution in [0.3, 0.4) is 0 Å². The number of methoxy groups -OCH3 is 1. The van der Waals surface area contributed by atoms with Crippen molar-refractivity contribution in [2.75, 3.05) is 34.0 Å². The summed E-state index contributed by atoms with van der Waals surface area (Å²) in [6.45, 7) is 3.75. The first-order chi connectivity index (χ1) is 14.6. The highest BCUT2D eigenvalue weighted by Crippen LogP contribution is 2.37. The Balaban J connectivity index is 1.80. The third-order valence-corrected chi connectivity index (χ3v) is 5.78. The molecule has 3 rings (SSSR count). The maximum Gasteiger partial charge on any atom is 0.254 e. The Morgan fingerprint density at radius 2 is 2.03 bits per heavy atom. The van der Waals surface area contributed by atoms with Gasteiger partial charge in [0.25, 0.3) is 11.8 Å². The lowest BCUT2D eigenvalue weighted by Crippen LogP contribution is -2.44. The molecule has 2 atom stereocenters. The molecule has 1 aliphatic heterocycles. The summed E-state index contributed by atoms with van der Waals surface area (Å²) in [4.78, 5) is 27.5. The Bertz CT molecular complexity index is 728. The van der Waals surface area contributed by atoms with E-state index in [0.717, 1.165) is 44.1 Å². The molecule has 1 aromatic rings. The molecule has 30 heavy (non-hydrogen) atoms. The number of hydrogen-bond acceptors (Lipinski definition) is 5. The van der Waals surface area contributed by atoms with Gasteiger partial charge in [0.1, 0.15) is 11.9 Å². The third-order valence-electron chi connectivity index (χ3n) is 5.78. The molecule has 1 aliphatic carbocycles. The van der Waals surface area contributed by atoms with E-state index >= 15 is 0 Å². The standard InChI is InChI=1S/C23H34N2O5/c1-16(25(18-9-10-18)23(27)20-7-4-5-13-29-20)17-8-11-19(22(26)24-2)21(15-17)30-14-6-12-28-3/h8,11,15-16,18,20H,4-7,9-10,12-14H2,1-3H3,(H,24,26)/t16?,20-/m1/s1. The van der Waals surface area contributed by atoms with Crippen LogP contribution in [0.15, 0.2) is 18.2 Å². The summed E-state index contributed by atoms with van der Waals surface area (Å²) in [5.41, 5.74) is 1.45. The largest absolute Gasteiger partial charge is 0.493 e. The molecular weight excluding hydrogens is 384 g/mol. The topological polar surface area (TPSA) is 77.1 Å². The molecule has 0 spiro atoms. The third kappa shape index (κ3) is 5.52. The van der Waals surface area contributed by atoms with Crippen molar-refractivity contribution in [3.8, 4) is 5.75 Å². The van der Waals surface area contributed by atoms with Gasteiger partial charge in [0.05, 0.1) is 18.2 Å². The van der Waals surface area contributed by atoms with E-state index in [1.807, 2.05) is 24.0 Å². The molecule has 2 amide bonds. The van der Waals surface area contributed by atoms with E-state index in [0.29, 0.717) is 31.1 Å².